The molecule has 0 spiro atoms. The molecule has 1 aliphatic heterocycles. The van der Waals surface area contributed by atoms with Crippen LogP contribution in [0, 0.1) is 6.85 Å². The molecule has 0 radical (unpaired) electrons. The topological polar surface area (TPSA) is 32.8 Å². The van der Waals surface area contributed by atoms with Crippen LogP contribution in [0.1, 0.15) is 41.4 Å². The number of hydrogen-bond donors (Lipinski definition) is 0. The highest BCUT2D eigenvalue weighted by atomic mass is 79.9. The fourth-order valence-electron chi connectivity index (χ4n) is 1.44. The van der Waals surface area contributed by atoms with Crippen molar-refractivity contribution in [3.05, 3.63) is 28.2 Å². The molecule has 1 fully saturated rings. The van der Waals surface area contributed by atoms with Gasteiger partial charge in [0.25, 0.3) is 0 Å². The third kappa shape index (κ3) is 4.37. The predicted molar refractivity (Wildman–Crippen MR) is 88.9 cm³/mol. The highest BCUT2D eigenvalue weighted by Gasteiger charge is 2.25. The van der Waals surface area contributed by atoms with E-state index in [1.165, 1.54) is 26.8 Å². The third-order valence-electron chi connectivity index (χ3n) is 2.33. The van der Waals surface area contributed by atoms with Crippen LogP contribution >= 0.6 is 15.9 Å². The summed E-state index contributed by atoms with van der Waals surface area (Å²) in [6, 6.07) is 3.28. The molecule has 21 heavy (non-hydrogen) atoms. The lowest BCUT2D eigenvalue weighted by atomic mass is 10.2. The summed E-state index contributed by atoms with van der Waals surface area (Å²) in [5, 5.41) is 0. The number of halogens is 1. The number of rotatable bonds is 1. The predicted octanol–water partition coefficient (Wildman–Crippen LogP) is 3.81. The van der Waals surface area contributed by atoms with Crippen LogP contribution < -0.4 is 4.90 Å². The van der Waals surface area contributed by atoms with Crippen molar-refractivity contribution in [2.24, 2.45) is 0 Å². The molecule has 1 saturated heterocycles. The number of nitrogens with zero attached hydrogens (tertiary/aromatic N) is 2. The molecule has 0 atom stereocenters. The summed E-state index contributed by atoms with van der Waals surface area (Å²) in [7, 11) is 0. The Morgan fingerprint density at radius 3 is 2.57 bits per heavy atom. The molecule has 5 heteroatoms. The maximum atomic E-state index is 12.7. The van der Waals surface area contributed by atoms with E-state index in [2.05, 4.69) is 15.9 Å². The molecule has 4 nitrogen and oxygen atoms in total. The average Bonchev–Trinajstić information content (AvgIpc) is 2.51. The van der Waals surface area contributed by atoms with Crippen molar-refractivity contribution in [2.45, 2.75) is 33.2 Å². The second-order valence-corrected chi connectivity index (χ2v) is 6.12. The van der Waals surface area contributed by atoms with Crippen LogP contribution in [0.5, 0.6) is 0 Å². The molecule has 1 aliphatic rings. The van der Waals surface area contributed by atoms with Gasteiger partial charge >= 0.3 is 6.09 Å². The van der Waals surface area contributed by atoms with E-state index in [4.69, 9.17) is 19.8 Å². The van der Waals surface area contributed by atoms with E-state index in [0.29, 0.717) is 0 Å². The molecule has 1 aromatic rings. The van der Waals surface area contributed by atoms with E-state index in [-0.39, 0.29) is 19.8 Å². The molecule has 0 aromatic heterocycles. The number of ether oxygens (including phenoxy) is 1. The number of hydrogen-bond acceptors (Lipinski definition) is 3. The Kier molecular flexibility index (Phi) is 2.06. The summed E-state index contributed by atoms with van der Waals surface area (Å²) in [4.78, 5) is 12.7. The van der Waals surface area contributed by atoms with Crippen molar-refractivity contribution in [1.82, 2.24) is 4.90 Å². The molecular weight excluding hydrogens is 332 g/mol. The zero-order chi connectivity index (χ0) is 25.3. The first kappa shape index (κ1) is 6.90. The van der Waals surface area contributed by atoms with Crippen molar-refractivity contribution in [3.8, 4) is 0 Å². The van der Waals surface area contributed by atoms with E-state index in [1.807, 2.05) is 0 Å². The van der Waals surface area contributed by atoms with Crippen molar-refractivity contribution >= 4 is 27.7 Å². The van der Waals surface area contributed by atoms with E-state index >= 15 is 0 Å². The highest BCUT2D eigenvalue weighted by Crippen LogP contribution is 2.24. The Bertz CT molecular complexity index is 884. The summed E-state index contributed by atoms with van der Waals surface area (Å²) < 4.78 is 94.9. The summed E-state index contributed by atoms with van der Waals surface area (Å²) in [6.45, 7) is -11.9. The number of piperazine rings is 1. The lowest BCUT2D eigenvalue weighted by molar-refractivity contribution is 0.0240. The summed E-state index contributed by atoms with van der Waals surface area (Å²) in [5.74, 6) is 0. The smallest absolute Gasteiger partial charge is 0.410 e. The Morgan fingerprint density at radius 2 is 2.00 bits per heavy atom. The van der Waals surface area contributed by atoms with Crippen molar-refractivity contribution in [3.63, 3.8) is 0 Å². The fourth-order valence-corrected chi connectivity index (χ4v) is 1.68. The van der Waals surface area contributed by atoms with Crippen molar-refractivity contribution in [2.75, 3.05) is 30.9 Å². The molecule has 0 aliphatic carbocycles. The van der Waals surface area contributed by atoms with Gasteiger partial charge < -0.3 is 14.5 Å². The Hall–Kier alpha value is -1.23. The molecule has 0 bridgehead atoms. The lowest BCUT2D eigenvalue weighted by Gasteiger charge is -2.36. The summed E-state index contributed by atoms with van der Waals surface area (Å²) in [5.41, 5.74) is -1.93. The highest BCUT2D eigenvalue weighted by molar-refractivity contribution is 9.10. The van der Waals surface area contributed by atoms with Crippen LogP contribution in [-0.2, 0) is 4.74 Å². The quantitative estimate of drug-likeness (QED) is 0.758. The van der Waals surface area contributed by atoms with Gasteiger partial charge in [-0.2, -0.15) is 0 Å². The van der Waals surface area contributed by atoms with E-state index in [9.17, 15) is 4.79 Å². The molecule has 116 valence electrons. The van der Waals surface area contributed by atoms with Crippen LogP contribution in [0.3, 0.4) is 0 Å². The Balaban J connectivity index is 2.77. The molecular formula is C16H23BrN2O2. The molecule has 2 rings (SSSR count). The van der Waals surface area contributed by atoms with Gasteiger partial charge in [0.2, 0.25) is 0 Å². The zero-order valence-electron chi connectivity index (χ0n) is 22.8. The van der Waals surface area contributed by atoms with Gasteiger partial charge in [0.15, 0.2) is 0 Å². The van der Waals surface area contributed by atoms with Crippen LogP contribution in [0.2, 0.25) is 0 Å². The maximum Gasteiger partial charge on any atom is 0.410 e. The Labute approximate surface area is 150 Å². The maximum absolute atomic E-state index is 12.7. The number of anilines is 1. The van der Waals surface area contributed by atoms with Gasteiger partial charge in [-0.15, -0.1) is 0 Å². The van der Waals surface area contributed by atoms with Gasteiger partial charge in [0.1, 0.15) is 5.60 Å². The molecule has 0 unspecified atom stereocenters. The van der Waals surface area contributed by atoms with Crippen LogP contribution in [0.15, 0.2) is 22.7 Å². The molecule has 1 heterocycles. The third-order valence-corrected chi connectivity index (χ3v) is 3.02. The number of aryl methyl sites for hydroxylation is 1. The van der Waals surface area contributed by atoms with Gasteiger partial charge in [0, 0.05) is 40.3 Å². The second-order valence-electron chi connectivity index (χ2n) is 5.26. The van der Waals surface area contributed by atoms with E-state index < -0.39 is 50.2 Å². The van der Waals surface area contributed by atoms with E-state index in [0.717, 1.165) is 12.1 Å². The van der Waals surface area contributed by atoms with Crippen molar-refractivity contribution in [1.29, 1.82) is 0 Å². The lowest BCUT2D eigenvalue weighted by Crippen LogP contribution is -2.50. The minimum atomic E-state index is -3.43. The second kappa shape index (κ2) is 6.26. The standard InChI is InChI=1S/C16H23BrN2O2/c1-12-11-13(5-6-14(12)17)18-7-9-19(10-8-18)15(20)21-16(2,3)4/h5-6,11H,7-10H2,1-4H3/i1D3,7D2,8D2,9D2,10D2. The molecule has 1 aromatic carbocycles. The summed E-state index contributed by atoms with van der Waals surface area (Å²) >= 11 is 3.07. The number of benzene rings is 1. The van der Waals surface area contributed by atoms with Crippen molar-refractivity contribution < 1.29 is 24.6 Å². The summed E-state index contributed by atoms with van der Waals surface area (Å²) in [6.07, 6.45) is -1.58. The minimum Gasteiger partial charge on any atom is -0.444 e. The fraction of sp³-hybridized carbons (Fsp3) is 0.562. The molecule has 0 N–H and O–H groups in total. The first-order valence-corrected chi connectivity index (χ1v) is 6.92. The van der Waals surface area contributed by atoms with Gasteiger partial charge in [-0.1, -0.05) is 15.9 Å². The molecule has 0 saturated carbocycles. The van der Waals surface area contributed by atoms with Gasteiger partial charge in [-0.05, 0) is 51.4 Å². The van der Waals surface area contributed by atoms with Gasteiger partial charge in [0.05, 0.1) is 11.0 Å². The Morgan fingerprint density at radius 1 is 1.33 bits per heavy atom. The van der Waals surface area contributed by atoms with E-state index in [1.54, 1.807) is 0 Å². The first-order valence-electron chi connectivity index (χ1n) is 11.6. The molecule has 1 amide bonds. The number of carbonyl (C=O) groups is 1. The van der Waals surface area contributed by atoms with Crippen LogP contribution in [0.4, 0.5) is 10.5 Å². The zero-order valence-corrected chi connectivity index (χ0v) is 13.4. The van der Waals surface area contributed by atoms with Crippen LogP contribution in [-0.4, -0.2) is 42.6 Å². The van der Waals surface area contributed by atoms with Gasteiger partial charge in [-0.3, -0.25) is 0 Å². The largest absolute Gasteiger partial charge is 0.444 e. The number of amides is 1. The minimum absolute atomic E-state index is 0.126. The van der Waals surface area contributed by atoms with Crippen LogP contribution in [0.25, 0.3) is 0 Å². The SMILES string of the molecule is [2H]C([2H])([2H])c1cc(N2C([2H])([2H])C([2H])([2H])N(C(=O)OC(C)(C)C)C([2H])([2H])C2([2H])[2H])ccc1Br. The average molecular weight is 366 g/mol. The monoisotopic (exact) mass is 365 g/mol. The number of carbonyl (C=O) groups excluding carboxylic acids is 1. The normalized spacial score (nSPS) is 34.0. The first-order chi connectivity index (χ1) is 14.0. The van der Waals surface area contributed by atoms with Gasteiger partial charge in [-0.25, -0.2) is 4.79 Å².